The minimum atomic E-state index is 0.722. The van der Waals surface area contributed by atoms with E-state index in [4.69, 9.17) is 0 Å². The number of anilines is 1. The number of halogens is 1. The first-order valence-electron chi connectivity index (χ1n) is 5.90. The molecule has 1 N–H and O–H groups in total. The fraction of sp³-hybridized carbons (Fsp3) is 0.308. The second-order valence-corrected chi connectivity index (χ2v) is 5.04. The molecule has 0 saturated carbocycles. The summed E-state index contributed by atoms with van der Waals surface area (Å²) in [5.41, 5.74) is 1.93. The summed E-state index contributed by atoms with van der Waals surface area (Å²) >= 11 is 2.28. The molecule has 2 aromatic heterocycles. The Kier molecular flexibility index (Phi) is 4.46. The van der Waals surface area contributed by atoms with Gasteiger partial charge in [0.25, 0.3) is 0 Å². The summed E-state index contributed by atoms with van der Waals surface area (Å²) in [7, 11) is 0. The fourth-order valence-electron chi connectivity index (χ4n) is 1.54. The van der Waals surface area contributed by atoms with Gasteiger partial charge in [-0.2, -0.15) is 0 Å². The van der Waals surface area contributed by atoms with Crippen LogP contribution in [-0.2, 0) is 0 Å². The Hall–Kier alpha value is -1.24. The van der Waals surface area contributed by atoms with E-state index in [1.807, 2.05) is 19.1 Å². The van der Waals surface area contributed by atoms with Crippen molar-refractivity contribution in [3.8, 4) is 11.4 Å². The Labute approximate surface area is 120 Å². The van der Waals surface area contributed by atoms with Crippen LogP contribution >= 0.6 is 22.6 Å². The standard InChI is InChI=1S/C13H15IN4/c1-3-6-16-13-11(14)9(2)17-12(18-13)10-5-4-7-15-8-10/h4-5,7-8H,3,6H2,1-2H3,(H,16,17,18). The van der Waals surface area contributed by atoms with Crippen molar-refractivity contribution < 1.29 is 0 Å². The minimum Gasteiger partial charge on any atom is -0.369 e. The summed E-state index contributed by atoms with van der Waals surface area (Å²) in [5, 5.41) is 3.33. The van der Waals surface area contributed by atoms with Gasteiger partial charge in [0.2, 0.25) is 0 Å². The number of rotatable bonds is 4. The highest BCUT2D eigenvalue weighted by molar-refractivity contribution is 14.1. The Morgan fingerprint density at radius 3 is 2.83 bits per heavy atom. The van der Waals surface area contributed by atoms with E-state index in [9.17, 15) is 0 Å². The molecule has 0 bridgehead atoms. The van der Waals surface area contributed by atoms with Crippen LogP contribution in [0.25, 0.3) is 11.4 Å². The Morgan fingerprint density at radius 2 is 2.17 bits per heavy atom. The number of nitrogens with zero attached hydrogens (tertiary/aromatic N) is 3. The van der Waals surface area contributed by atoms with Crippen molar-refractivity contribution in [3.05, 3.63) is 33.8 Å². The van der Waals surface area contributed by atoms with Gasteiger partial charge in [0.1, 0.15) is 5.82 Å². The normalized spacial score (nSPS) is 10.4. The molecule has 0 fully saturated rings. The summed E-state index contributed by atoms with van der Waals surface area (Å²) in [5.74, 6) is 1.63. The number of nitrogens with one attached hydrogen (secondary N) is 1. The molecule has 0 aliphatic heterocycles. The number of aryl methyl sites for hydroxylation is 1. The van der Waals surface area contributed by atoms with Crippen molar-refractivity contribution in [1.29, 1.82) is 0 Å². The highest BCUT2D eigenvalue weighted by atomic mass is 127. The molecule has 18 heavy (non-hydrogen) atoms. The molecule has 0 unspecified atom stereocenters. The number of hydrogen-bond acceptors (Lipinski definition) is 4. The quantitative estimate of drug-likeness (QED) is 0.857. The Balaban J connectivity index is 2.41. The molecule has 2 rings (SSSR count). The molecule has 0 aliphatic rings. The third-order valence-corrected chi connectivity index (χ3v) is 3.77. The van der Waals surface area contributed by atoms with Gasteiger partial charge in [0.15, 0.2) is 5.82 Å². The van der Waals surface area contributed by atoms with Gasteiger partial charge in [-0.05, 0) is 48.1 Å². The van der Waals surface area contributed by atoms with Crippen molar-refractivity contribution in [3.63, 3.8) is 0 Å². The van der Waals surface area contributed by atoms with Gasteiger partial charge in [-0.3, -0.25) is 4.98 Å². The van der Waals surface area contributed by atoms with Crippen molar-refractivity contribution in [2.75, 3.05) is 11.9 Å². The van der Waals surface area contributed by atoms with Crippen LogP contribution in [0.1, 0.15) is 19.0 Å². The van der Waals surface area contributed by atoms with Crippen molar-refractivity contribution in [2.45, 2.75) is 20.3 Å². The second kappa shape index (κ2) is 6.08. The average molecular weight is 354 g/mol. The van der Waals surface area contributed by atoms with Crippen LogP contribution in [0.5, 0.6) is 0 Å². The molecule has 0 saturated heterocycles. The molecule has 94 valence electrons. The Morgan fingerprint density at radius 1 is 1.33 bits per heavy atom. The zero-order valence-electron chi connectivity index (χ0n) is 10.4. The first-order chi connectivity index (χ1) is 8.72. The zero-order chi connectivity index (χ0) is 13.0. The summed E-state index contributed by atoms with van der Waals surface area (Å²) < 4.78 is 1.08. The van der Waals surface area contributed by atoms with Crippen LogP contribution in [0.3, 0.4) is 0 Å². The molecule has 2 aromatic rings. The van der Waals surface area contributed by atoms with E-state index in [-0.39, 0.29) is 0 Å². The van der Waals surface area contributed by atoms with Crippen LogP contribution in [0.2, 0.25) is 0 Å². The monoisotopic (exact) mass is 354 g/mol. The van der Waals surface area contributed by atoms with Crippen molar-refractivity contribution >= 4 is 28.4 Å². The largest absolute Gasteiger partial charge is 0.369 e. The summed E-state index contributed by atoms with van der Waals surface area (Å²) in [6.45, 7) is 5.05. The van der Waals surface area contributed by atoms with Crippen molar-refractivity contribution in [1.82, 2.24) is 15.0 Å². The maximum atomic E-state index is 4.57. The van der Waals surface area contributed by atoms with Crippen LogP contribution < -0.4 is 5.32 Å². The minimum absolute atomic E-state index is 0.722. The van der Waals surface area contributed by atoms with E-state index in [0.717, 1.165) is 39.4 Å². The van der Waals surface area contributed by atoms with Gasteiger partial charge in [-0.25, -0.2) is 9.97 Å². The van der Waals surface area contributed by atoms with E-state index in [1.54, 1.807) is 12.4 Å². The number of hydrogen-bond donors (Lipinski definition) is 1. The second-order valence-electron chi connectivity index (χ2n) is 3.96. The van der Waals surface area contributed by atoms with Crippen LogP contribution in [-0.4, -0.2) is 21.5 Å². The predicted molar refractivity (Wildman–Crippen MR) is 81.5 cm³/mol. The van der Waals surface area contributed by atoms with Crippen LogP contribution in [0.15, 0.2) is 24.5 Å². The molecular formula is C13H15IN4. The molecule has 0 amide bonds. The molecule has 0 aliphatic carbocycles. The van der Waals surface area contributed by atoms with Gasteiger partial charge in [-0.15, -0.1) is 0 Å². The predicted octanol–water partition coefficient (Wildman–Crippen LogP) is 3.27. The van der Waals surface area contributed by atoms with E-state index in [2.05, 4.69) is 49.8 Å². The van der Waals surface area contributed by atoms with Gasteiger partial charge in [0, 0.05) is 24.5 Å². The third kappa shape index (κ3) is 2.95. The molecule has 0 radical (unpaired) electrons. The molecule has 0 aromatic carbocycles. The van der Waals surface area contributed by atoms with Gasteiger partial charge < -0.3 is 5.32 Å². The average Bonchev–Trinajstić information content (AvgIpc) is 2.41. The van der Waals surface area contributed by atoms with Gasteiger partial charge in [0.05, 0.1) is 9.26 Å². The lowest BCUT2D eigenvalue weighted by molar-refractivity contribution is 0.958. The highest BCUT2D eigenvalue weighted by Gasteiger charge is 2.10. The van der Waals surface area contributed by atoms with E-state index >= 15 is 0 Å². The third-order valence-electron chi connectivity index (χ3n) is 2.48. The molecule has 4 nitrogen and oxygen atoms in total. The van der Waals surface area contributed by atoms with Crippen LogP contribution in [0.4, 0.5) is 5.82 Å². The molecule has 0 atom stereocenters. The van der Waals surface area contributed by atoms with E-state index in [1.165, 1.54) is 0 Å². The first-order valence-corrected chi connectivity index (χ1v) is 6.98. The number of aromatic nitrogens is 3. The molecule has 2 heterocycles. The van der Waals surface area contributed by atoms with Gasteiger partial charge in [-0.1, -0.05) is 6.92 Å². The fourth-order valence-corrected chi connectivity index (χ4v) is 1.98. The maximum absolute atomic E-state index is 4.57. The van der Waals surface area contributed by atoms with E-state index < -0.39 is 0 Å². The van der Waals surface area contributed by atoms with E-state index in [0.29, 0.717) is 0 Å². The smallest absolute Gasteiger partial charge is 0.163 e. The van der Waals surface area contributed by atoms with Crippen molar-refractivity contribution in [2.24, 2.45) is 0 Å². The van der Waals surface area contributed by atoms with Crippen LogP contribution in [0, 0.1) is 10.5 Å². The lowest BCUT2D eigenvalue weighted by Gasteiger charge is -2.10. The lowest BCUT2D eigenvalue weighted by Crippen LogP contribution is -2.07. The molecular weight excluding hydrogens is 339 g/mol. The SMILES string of the molecule is CCCNc1nc(-c2cccnc2)nc(C)c1I. The lowest BCUT2D eigenvalue weighted by atomic mass is 10.2. The zero-order valence-corrected chi connectivity index (χ0v) is 12.6. The van der Waals surface area contributed by atoms with Gasteiger partial charge >= 0.3 is 0 Å². The summed E-state index contributed by atoms with van der Waals surface area (Å²) in [4.78, 5) is 13.2. The number of pyridine rings is 1. The summed E-state index contributed by atoms with van der Waals surface area (Å²) in [6.07, 6.45) is 4.60. The Bertz CT molecular complexity index is 528. The topological polar surface area (TPSA) is 50.7 Å². The first kappa shape index (κ1) is 13.2. The molecule has 5 heteroatoms. The highest BCUT2D eigenvalue weighted by Crippen LogP contribution is 2.23. The maximum Gasteiger partial charge on any atom is 0.163 e. The molecule has 0 spiro atoms. The summed E-state index contributed by atoms with van der Waals surface area (Å²) in [6, 6.07) is 3.86.